The van der Waals surface area contributed by atoms with Gasteiger partial charge in [0.15, 0.2) is 0 Å². The van der Waals surface area contributed by atoms with Crippen LogP contribution in [0.2, 0.25) is 0 Å². The number of imidazole rings is 1. The SMILES string of the molecule is COC(C)C(NC(=O)C(C)N(C)C(=O)OC(C)(C)C)C(=O)N1CCCC1CN(CCc1ccc(F)cc1)C(=O)c1cn(-c2ccc(F)cc2)cn1. The number of methoxy groups -OCH3 is 1. The normalized spacial score (nSPS) is 16.3. The molecule has 0 aliphatic carbocycles. The van der Waals surface area contributed by atoms with Crippen LogP contribution in [0.15, 0.2) is 61.1 Å². The van der Waals surface area contributed by atoms with Crippen molar-refractivity contribution in [1.82, 2.24) is 29.6 Å². The molecular weight excluding hydrogens is 662 g/mol. The largest absolute Gasteiger partial charge is 0.444 e. The van der Waals surface area contributed by atoms with Gasteiger partial charge in [-0.25, -0.2) is 18.6 Å². The van der Waals surface area contributed by atoms with Crippen LogP contribution in [0.25, 0.3) is 5.69 Å². The Hall–Kier alpha value is -4.85. The van der Waals surface area contributed by atoms with Gasteiger partial charge in [-0.3, -0.25) is 19.3 Å². The van der Waals surface area contributed by atoms with E-state index in [1.165, 1.54) is 49.7 Å². The molecule has 1 aliphatic rings. The number of hydrogen-bond acceptors (Lipinski definition) is 7. The zero-order valence-electron chi connectivity index (χ0n) is 30.3. The molecule has 276 valence electrons. The van der Waals surface area contributed by atoms with Gasteiger partial charge in [0.2, 0.25) is 11.8 Å². The summed E-state index contributed by atoms with van der Waals surface area (Å²) in [5, 5.41) is 2.79. The first-order valence-electron chi connectivity index (χ1n) is 17.0. The zero-order valence-corrected chi connectivity index (χ0v) is 30.3. The summed E-state index contributed by atoms with van der Waals surface area (Å²) < 4.78 is 39.6. The number of rotatable bonds is 13. The molecule has 1 fully saturated rings. The van der Waals surface area contributed by atoms with E-state index in [2.05, 4.69) is 10.3 Å². The lowest BCUT2D eigenvalue weighted by Crippen LogP contribution is -2.59. The van der Waals surface area contributed by atoms with Crippen LogP contribution < -0.4 is 5.32 Å². The number of halogens is 2. The Labute approximate surface area is 297 Å². The van der Waals surface area contributed by atoms with Gasteiger partial charge in [0.1, 0.15) is 41.3 Å². The predicted molar refractivity (Wildman–Crippen MR) is 186 cm³/mol. The number of ether oxygens (including phenoxy) is 2. The van der Waals surface area contributed by atoms with E-state index in [1.54, 1.807) is 79.4 Å². The minimum absolute atomic E-state index is 0.163. The highest BCUT2D eigenvalue weighted by molar-refractivity contribution is 5.93. The fourth-order valence-corrected chi connectivity index (χ4v) is 5.75. The summed E-state index contributed by atoms with van der Waals surface area (Å²) in [6.07, 6.45) is 3.36. The average Bonchev–Trinajstić information content (AvgIpc) is 3.78. The van der Waals surface area contributed by atoms with E-state index in [1.807, 2.05) is 0 Å². The van der Waals surface area contributed by atoms with E-state index in [0.717, 1.165) is 5.56 Å². The highest BCUT2D eigenvalue weighted by Crippen LogP contribution is 2.23. The number of nitrogens with zero attached hydrogens (tertiary/aromatic N) is 5. The third kappa shape index (κ3) is 10.3. The van der Waals surface area contributed by atoms with Crippen molar-refractivity contribution in [3.8, 4) is 5.69 Å². The van der Waals surface area contributed by atoms with Crippen LogP contribution in [0.4, 0.5) is 13.6 Å². The molecule has 12 nitrogen and oxygen atoms in total. The molecule has 0 radical (unpaired) electrons. The summed E-state index contributed by atoms with van der Waals surface area (Å²) in [6.45, 7) is 9.23. The summed E-state index contributed by atoms with van der Waals surface area (Å²) in [5.74, 6) is -2.06. The Balaban J connectivity index is 1.53. The van der Waals surface area contributed by atoms with E-state index >= 15 is 0 Å². The summed E-state index contributed by atoms with van der Waals surface area (Å²) >= 11 is 0. The van der Waals surface area contributed by atoms with Gasteiger partial charge in [0.25, 0.3) is 5.91 Å². The molecule has 4 atom stereocenters. The minimum Gasteiger partial charge on any atom is -0.444 e. The van der Waals surface area contributed by atoms with Gasteiger partial charge < -0.3 is 29.2 Å². The quantitative estimate of drug-likeness (QED) is 0.275. The lowest BCUT2D eigenvalue weighted by Gasteiger charge is -2.35. The molecule has 2 heterocycles. The first-order valence-corrected chi connectivity index (χ1v) is 17.0. The number of nitrogens with one attached hydrogen (secondary N) is 1. The van der Waals surface area contributed by atoms with Crippen molar-refractivity contribution in [3.63, 3.8) is 0 Å². The third-order valence-corrected chi connectivity index (χ3v) is 8.94. The number of hydrogen-bond donors (Lipinski definition) is 1. The van der Waals surface area contributed by atoms with Gasteiger partial charge in [0, 0.05) is 51.7 Å². The highest BCUT2D eigenvalue weighted by Gasteiger charge is 2.39. The highest BCUT2D eigenvalue weighted by atomic mass is 19.1. The summed E-state index contributed by atoms with van der Waals surface area (Å²) in [4.78, 5) is 63.0. The van der Waals surface area contributed by atoms with Gasteiger partial charge in [-0.05, 0) is 95.8 Å². The number of benzene rings is 2. The monoisotopic (exact) mass is 710 g/mol. The Bertz CT molecular complexity index is 1660. The summed E-state index contributed by atoms with van der Waals surface area (Å²) in [6, 6.07) is 9.41. The van der Waals surface area contributed by atoms with Crippen molar-refractivity contribution < 1.29 is 37.4 Å². The lowest BCUT2D eigenvalue weighted by atomic mass is 10.1. The van der Waals surface area contributed by atoms with Gasteiger partial charge >= 0.3 is 6.09 Å². The van der Waals surface area contributed by atoms with Crippen LogP contribution in [0, 0.1) is 11.6 Å². The standard InChI is InChI=1S/C37H48F2N6O6/c1-24(42(6)36(49)51-37(3,4)5)33(46)41-32(25(2)50-7)35(48)45-19-8-9-30(45)21-43(20-18-26-10-12-27(38)13-11-26)34(47)31-22-44(23-40-31)29-16-14-28(39)15-17-29/h10-17,22-25,30,32H,8-9,18-21H2,1-7H3,(H,41,46). The van der Waals surface area contributed by atoms with Crippen LogP contribution >= 0.6 is 0 Å². The van der Waals surface area contributed by atoms with Gasteiger partial charge in [-0.2, -0.15) is 0 Å². The lowest BCUT2D eigenvalue weighted by molar-refractivity contribution is -0.141. The van der Waals surface area contributed by atoms with Gasteiger partial charge in [0.05, 0.1) is 6.10 Å². The average molecular weight is 711 g/mol. The number of amides is 4. The maximum atomic E-state index is 14.2. The number of carbonyl (C=O) groups is 4. The first kappa shape index (κ1) is 38.9. The van der Waals surface area contributed by atoms with Crippen LogP contribution in [0.5, 0.6) is 0 Å². The predicted octanol–water partition coefficient (Wildman–Crippen LogP) is 4.60. The van der Waals surface area contributed by atoms with E-state index in [-0.39, 0.29) is 48.3 Å². The molecular formula is C37H48F2N6O6. The van der Waals surface area contributed by atoms with Crippen LogP contribution in [-0.2, 0) is 25.5 Å². The van der Waals surface area contributed by atoms with Crippen molar-refractivity contribution in [3.05, 3.63) is 83.9 Å². The molecule has 1 aromatic heterocycles. The fraction of sp³-hybridized carbons (Fsp3) is 0.486. The molecule has 51 heavy (non-hydrogen) atoms. The molecule has 2 aromatic carbocycles. The maximum Gasteiger partial charge on any atom is 0.410 e. The second-order valence-electron chi connectivity index (χ2n) is 13.8. The molecule has 4 amide bonds. The van der Waals surface area contributed by atoms with Crippen molar-refractivity contribution in [1.29, 1.82) is 0 Å². The van der Waals surface area contributed by atoms with Crippen LogP contribution in [0.3, 0.4) is 0 Å². The van der Waals surface area contributed by atoms with Crippen molar-refractivity contribution >= 4 is 23.8 Å². The number of aromatic nitrogens is 2. The molecule has 0 saturated carbocycles. The number of carbonyl (C=O) groups excluding carboxylic acids is 4. The molecule has 4 rings (SSSR count). The minimum atomic E-state index is -1.08. The second-order valence-corrected chi connectivity index (χ2v) is 13.8. The summed E-state index contributed by atoms with van der Waals surface area (Å²) in [7, 11) is 2.89. The van der Waals surface area contributed by atoms with Crippen molar-refractivity contribution in [2.24, 2.45) is 0 Å². The molecule has 0 spiro atoms. The third-order valence-electron chi connectivity index (χ3n) is 8.94. The zero-order chi connectivity index (χ0) is 37.5. The van der Waals surface area contributed by atoms with Crippen LogP contribution in [0.1, 0.15) is 63.5 Å². The van der Waals surface area contributed by atoms with E-state index in [9.17, 15) is 28.0 Å². The number of likely N-dealkylation sites (tertiary alicyclic amines) is 1. The molecule has 3 aromatic rings. The Kier molecular flexibility index (Phi) is 12.9. The van der Waals surface area contributed by atoms with Gasteiger partial charge in [-0.1, -0.05) is 12.1 Å². The smallest absolute Gasteiger partial charge is 0.410 e. The number of likely N-dealkylation sites (N-methyl/N-ethyl adjacent to an activating group) is 1. The topological polar surface area (TPSA) is 126 Å². The van der Waals surface area contributed by atoms with E-state index in [4.69, 9.17) is 9.47 Å². The second kappa shape index (κ2) is 16.9. The van der Waals surface area contributed by atoms with Crippen molar-refractivity contribution in [2.45, 2.75) is 83.7 Å². The Morgan fingerprint density at radius 1 is 1.02 bits per heavy atom. The summed E-state index contributed by atoms with van der Waals surface area (Å²) in [5.41, 5.74) is 0.857. The van der Waals surface area contributed by atoms with Crippen LogP contribution in [-0.4, -0.2) is 112 Å². The molecule has 4 unspecified atom stereocenters. The van der Waals surface area contributed by atoms with E-state index in [0.29, 0.717) is 31.5 Å². The molecule has 0 bridgehead atoms. The molecule has 14 heteroatoms. The van der Waals surface area contributed by atoms with Gasteiger partial charge in [-0.15, -0.1) is 0 Å². The Morgan fingerprint density at radius 3 is 2.25 bits per heavy atom. The molecule has 1 N–H and O–H groups in total. The molecule has 1 aliphatic heterocycles. The fourth-order valence-electron chi connectivity index (χ4n) is 5.75. The Morgan fingerprint density at radius 2 is 1.65 bits per heavy atom. The van der Waals surface area contributed by atoms with E-state index < -0.39 is 35.8 Å². The maximum absolute atomic E-state index is 14.2. The molecule has 1 saturated heterocycles. The van der Waals surface area contributed by atoms with Crippen molar-refractivity contribution in [2.75, 3.05) is 33.8 Å². The first-order chi connectivity index (χ1) is 24.1.